The second kappa shape index (κ2) is 15.1. The Labute approximate surface area is 291 Å². The van der Waals surface area contributed by atoms with E-state index in [9.17, 15) is 14.4 Å². The van der Waals surface area contributed by atoms with Crippen LogP contribution in [0.3, 0.4) is 0 Å². The molecule has 0 aliphatic rings. The molecule has 0 saturated heterocycles. The number of fused-ring (bicyclic) bond motifs is 1. The van der Waals surface area contributed by atoms with Crippen molar-refractivity contribution in [1.29, 1.82) is 0 Å². The second-order valence-electron chi connectivity index (χ2n) is 10.7. The molecule has 0 spiro atoms. The van der Waals surface area contributed by atoms with E-state index in [-0.39, 0.29) is 11.6 Å². The summed E-state index contributed by atoms with van der Waals surface area (Å²) in [7, 11) is 0. The fourth-order valence-electron chi connectivity index (χ4n) is 4.99. The highest BCUT2D eigenvalue weighted by molar-refractivity contribution is 8.00. The number of aromatic nitrogens is 1. The number of carbonyl (C=O) groups excluding carboxylic acids is 3. The molecule has 3 amide bonds. The Morgan fingerprint density at radius 3 is 2.27 bits per heavy atom. The normalized spacial score (nSPS) is 11.9. The molecule has 48 heavy (non-hydrogen) atoms. The summed E-state index contributed by atoms with van der Waals surface area (Å²) in [5.74, 6) is -1.23. The van der Waals surface area contributed by atoms with Crippen LogP contribution in [0.4, 0.5) is 11.4 Å². The third-order valence-corrected chi connectivity index (χ3v) is 9.14. The molecule has 1 heterocycles. The van der Waals surface area contributed by atoms with Gasteiger partial charge in [-0.05, 0) is 66.2 Å². The minimum Gasteiger partial charge on any atom is -0.361 e. The number of hydrogen-bond donors (Lipinski definition) is 4. The smallest absolute Gasteiger partial charge is 0.272 e. The average Bonchev–Trinajstić information content (AvgIpc) is 3.52. The lowest BCUT2D eigenvalue weighted by atomic mass is 10.1. The highest BCUT2D eigenvalue weighted by Gasteiger charge is 2.24. The van der Waals surface area contributed by atoms with Gasteiger partial charge in [-0.25, -0.2) is 0 Å². The SMILES string of the molecule is O=C(Nc1cccc(SC(C(=O)Nc2cc(Cl)ccc2Cl)c2ccccc2)c1)/C(=C/c1c[nH]c2ccccc12)NC(=O)c1ccccc1. The number of rotatable bonds is 10. The number of aromatic amines is 1. The van der Waals surface area contributed by atoms with Crippen LogP contribution in [0.5, 0.6) is 0 Å². The lowest BCUT2D eigenvalue weighted by Gasteiger charge is -2.18. The first-order valence-electron chi connectivity index (χ1n) is 14.9. The van der Waals surface area contributed by atoms with Crippen LogP contribution in [0.25, 0.3) is 17.0 Å². The fraction of sp³-hybridized carbons (Fsp3) is 0.0263. The second-order valence-corrected chi connectivity index (χ2v) is 12.7. The van der Waals surface area contributed by atoms with Gasteiger partial charge in [0.25, 0.3) is 11.8 Å². The number of carbonyl (C=O) groups is 3. The number of amides is 3. The lowest BCUT2D eigenvalue weighted by molar-refractivity contribution is -0.116. The Bertz CT molecular complexity index is 2130. The minimum absolute atomic E-state index is 0.0617. The van der Waals surface area contributed by atoms with Crippen molar-refractivity contribution < 1.29 is 14.4 Å². The summed E-state index contributed by atoms with van der Waals surface area (Å²) < 4.78 is 0. The number of benzene rings is 5. The third-order valence-electron chi connectivity index (χ3n) is 7.32. The maximum atomic E-state index is 13.8. The van der Waals surface area contributed by atoms with Gasteiger partial charge in [0.2, 0.25) is 5.91 Å². The minimum atomic E-state index is -0.658. The van der Waals surface area contributed by atoms with E-state index in [1.54, 1.807) is 72.9 Å². The van der Waals surface area contributed by atoms with E-state index in [1.165, 1.54) is 11.8 Å². The summed E-state index contributed by atoms with van der Waals surface area (Å²) >= 11 is 13.8. The first kappa shape index (κ1) is 32.7. The zero-order valence-electron chi connectivity index (χ0n) is 25.2. The molecular formula is C38H28Cl2N4O3S. The molecule has 7 nitrogen and oxygen atoms in total. The van der Waals surface area contributed by atoms with Crippen LogP contribution < -0.4 is 16.0 Å². The van der Waals surface area contributed by atoms with Crippen molar-refractivity contribution in [3.05, 3.63) is 166 Å². The summed E-state index contributed by atoms with van der Waals surface area (Å²) in [5, 5.41) is 9.66. The molecule has 10 heteroatoms. The van der Waals surface area contributed by atoms with Gasteiger partial charge >= 0.3 is 0 Å². The Kier molecular flexibility index (Phi) is 10.3. The van der Waals surface area contributed by atoms with E-state index in [0.29, 0.717) is 27.0 Å². The molecule has 1 unspecified atom stereocenters. The zero-order chi connectivity index (χ0) is 33.5. The third kappa shape index (κ3) is 7.98. The Hall–Kier alpha value is -5.28. The quantitative estimate of drug-likeness (QED) is 0.0849. The van der Waals surface area contributed by atoms with Crippen LogP contribution in [0.15, 0.2) is 144 Å². The molecular weight excluding hydrogens is 663 g/mol. The molecule has 0 fully saturated rings. The van der Waals surface area contributed by atoms with Gasteiger partial charge < -0.3 is 20.9 Å². The molecule has 0 aliphatic heterocycles. The number of nitrogens with one attached hydrogen (secondary N) is 4. The number of halogens is 2. The highest BCUT2D eigenvalue weighted by atomic mass is 35.5. The van der Waals surface area contributed by atoms with Crippen molar-refractivity contribution in [2.24, 2.45) is 0 Å². The van der Waals surface area contributed by atoms with E-state index in [4.69, 9.17) is 23.2 Å². The van der Waals surface area contributed by atoms with Gasteiger partial charge in [0, 0.05) is 43.8 Å². The van der Waals surface area contributed by atoms with Crippen molar-refractivity contribution in [2.45, 2.75) is 10.1 Å². The molecule has 1 atom stereocenters. The fourth-order valence-corrected chi connectivity index (χ4v) is 6.41. The monoisotopic (exact) mass is 690 g/mol. The van der Waals surface area contributed by atoms with Crippen molar-refractivity contribution in [3.8, 4) is 0 Å². The summed E-state index contributed by atoms with van der Waals surface area (Å²) in [6, 6.07) is 37.8. The van der Waals surface area contributed by atoms with Crippen LogP contribution in [0.1, 0.15) is 26.7 Å². The molecule has 6 aromatic rings. The summed E-state index contributed by atoms with van der Waals surface area (Å²) in [6.07, 6.45) is 3.43. The van der Waals surface area contributed by atoms with Crippen molar-refractivity contribution in [2.75, 3.05) is 10.6 Å². The molecule has 6 rings (SSSR count). The maximum Gasteiger partial charge on any atom is 0.272 e. The van der Waals surface area contributed by atoms with Crippen molar-refractivity contribution >= 4 is 81.0 Å². The maximum absolute atomic E-state index is 13.8. The van der Waals surface area contributed by atoms with Gasteiger partial charge in [0.1, 0.15) is 10.9 Å². The molecule has 238 valence electrons. The summed E-state index contributed by atoms with van der Waals surface area (Å²) in [6.45, 7) is 0. The topological polar surface area (TPSA) is 103 Å². The highest BCUT2D eigenvalue weighted by Crippen LogP contribution is 2.38. The van der Waals surface area contributed by atoms with Crippen LogP contribution in [-0.4, -0.2) is 22.7 Å². The molecule has 4 N–H and O–H groups in total. The molecule has 5 aromatic carbocycles. The molecule has 0 bridgehead atoms. The van der Waals surface area contributed by atoms with E-state index in [2.05, 4.69) is 20.9 Å². The molecule has 1 aromatic heterocycles. The molecule has 0 radical (unpaired) electrons. The van der Waals surface area contributed by atoms with Gasteiger partial charge in [-0.15, -0.1) is 11.8 Å². The Morgan fingerprint density at radius 1 is 0.750 bits per heavy atom. The predicted octanol–water partition coefficient (Wildman–Crippen LogP) is 9.36. The van der Waals surface area contributed by atoms with Crippen LogP contribution >= 0.6 is 35.0 Å². The number of thioether (sulfide) groups is 1. The van der Waals surface area contributed by atoms with Crippen LogP contribution in [0, 0.1) is 0 Å². The summed E-state index contributed by atoms with van der Waals surface area (Å²) in [4.78, 5) is 44.5. The average molecular weight is 692 g/mol. The van der Waals surface area contributed by atoms with Crippen molar-refractivity contribution in [1.82, 2.24) is 10.3 Å². The largest absolute Gasteiger partial charge is 0.361 e. The zero-order valence-corrected chi connectivity index (χ0v) is 27.6. The van der Waals surface area contributed by atoms with Crippen molar-refractivity contribution in [3.63, 3.8) is 0 Å². The predicted molar refractivity (Wildman–Crippen MR) is 195 cm³/mol. The number of anilines is 2. The number of para-hydroxylation sites is 1. The molecule has 0 aliphatic carbocycles. The first-order valence-corrected chi connectivity index (χ1v) is 16.5. The summed E-state index contributed by atoms with van der Waals surface area (Å²) in [5.41, 5.74) is 3.78. The number of hydrogen-bond acceptors (Lipinski definition) is 4. The van der Waals surface area contributed by atoms with E-state index >= 15 is 0 Å². The Morgan fingerprint density at radius 2 is 1.48 bits per heavy atom. The van der Waals surface area contributed by atoms with E-state index in [1.807, 2.05) is 66.7 Å². The van der Waals surface area contributed by atoms with Gasteiger partial charge in [0.15, 0.2) is 0 Å². The first-order chi connectivity index (χ1) is 23.3. The standard InChI is InChI=1S/C38H28Cl2N4O3S/c39-27-18-19-31(40)33(21-27)43-38(47)35(24-10-3-1-4-11-24)48-29-15-9-14-28(22-29)42-37(46)34(44-36(45)25-12-5-2-6-13-25)20-26-23-41-32-17-8-7-16-30(26)32/h1-23,35,41H,(H,42,46)(H,43,47)(H,44,45)/b34-20-. The lowest BCUT2D eigenvalue weighted by Crippen LogP contribution is -2.30. The van der Waals surface area contributed by atoms with E-state index in [0.717, 1.165) is 26.9 Å². The van der Waals surface area contributed by atoms with Gasteiger partial charge in [-0.1, -0.05) is 96.0 Å². The van der Waals surface area contributed by atoms with E-state index < -0.39 is 17.1 Å². The van der Waals surface area contributed by atoms with Gasteiger partial charge in [-0.2, -0.15) is 0 Å². The van der Waals surface area contributed by atoms with Crippen LogP contribution in [0.2, 0.25) is 10.0 Å². The van der Waals surface area contributed by atoms with Gasteiger partial charge in [0.05, 0.1) is 10.7 Å². The molecule has 0 saturated carbocycles. The number of H-pyrrole nitrogens is 1. The van der Waals surface area contributed by atoms with Crippen LogP contribution in [-0.2, 0) is 9.59 Å². The van der Waals surface area contributed by atoms with Gasteiger partial charge in [-0.3, -0.25) is 14.4 Å². The Balaban J connectivity index is 1.26.